The highest BCUT2D eigenvalue weighted by molar-refractivity contribution is 6.30. The maximum atomic E-state index is 13.1. The summed E-state index contributed by atoms with van der Waals surface area (Å²) < 4.78 is 0. The topological polar surface area (TPSA) is 99.8 Å². The van der Waals surface area contributed by atoms with E-state index in [9.17, 15) is 9.59 Å². The van der Waals surface area contributed by atoms with Gasteiger partial charge in [-0.25, -0.2) is 14.6 Å². The molecule has 3 N–H and O–H groups in total. The number of amides is 2. The van der Waals surface area contributed by atoms with Crippen molar-refractivity contribution in [2.75, 3.05) is 24.5 Å². The third kappa shape index (κ3) is 4.49. The number of hydrogen-bond acceptors (Lipinski definition) is 4. The number of rotatable bonds is 5. The van der Waals surface area contributed by atoms with E-state index in [0.717, 1.165) is 25.7 Å². The van der Waals surface area contributed by atoms with Crippen molar-refractivity contribution in [3.8, 4) is 0 Å². The van der Waals surface area contributed by atoms with Crippen molar-refractivity contribution in [3.63, 3.8) is 0 Å². The third-order valence-corrected chi connectivity index (χ3v) is 6.69. The number of aromatic nitrogens is 1. The number of pyridine rings is 1. The van der Waals surface area contributed by atoms with Crippen molar-refractivity contribution in [2.45, 2.75) is 37.1 Å². The van der Waals surface area contributed by atoms with E-state index in [2.05, 4.69) is 11.1 Å². The second-order valence-corrected chi connectivity index (χ2v) is 8.48. The highest BCUT2D eigenvalue weighted by Crippen LogP contribution is 2.41. The first kappa shape index (κ1) is 23.3. The zero-order valence-corrected chi connectivity index (χ0v) is 18.6. The normalized spacial score (nSPS) is 23.5. The van der Waals surface area contributed by atoms with Gasteiger partial charge in [0, 0.05) is 36.1 Å². The number of urea groups is 1. The zero-order valence-electron chi connectivity index (χ0n) is 17.0. The Labute approximate surface area is 192 Å². The van der Waals surface area contributed by atoms with Crippen molar-refractivity contribution < 1.29 is 14.7 Å². The fourth-order valence-electron chi connectivity index (χ4n) is 4.69. The number of aromatic carboxylic acids is 1. The molecular formula is C22H26Cl2N4O3. The Morgan fingerprint density at radius 3 is 2.55 bits per heavy atom. The van der Waals surface area contributed by atoms with Crippen molar-refractivity contribution in [2.24, 2.45) is 5.73 Å². The van der Waals surface area contributed by atoms with E-state index >= 15 is 0 Å². The van der Waals surface area contributed by atoms with Crippen LogP contribution in [0.5, 0.6) is 0 Å². The van der Waals surface area contributed by atoms with E-state index in [0.29, 0.717) is 30.5 Å². The van der Waals surface area contributed by atoms with E-state index in [4.69, 9.17) is 22.4 Å². The second-order valence-electron chi connectivity index (χ2n) is 8.04. The SMILES string of the molecule is Cl.NC[C@]1(c2cccc(Cl)c2)CC[C@@H](N2CCN(c3cccc(C(=O)O)n3)C2=O)CC1. The number of nitrogens with zero attached hydrogens (tertiary/aromatic N) is 3. The molecule has 1 aliphatic heterocycles. The van der Waals surface area contributed by atoms with Gasteiger partial charge in [-0.2, -0.15) is 0 Å². The van der Waals surface area contributed by atoms with Crippen LogP contribution in [-0.4, -0.2) is 52.7 Å². The smallest absolute Gasteiger partial charge is 0.354 e. The van der Waals surface area contributed by atoms with Crippen LogP contribution in [0.2, 0.25) is 5.02 Å². The molecule has 2 aromatic rings. The molecule has 2 fully saturated rings. The first-order chi connectivity index (χ1) is 14.4. The average molecular weight is 465 g/mol. The maximum absolute atomic E-state index is 13.1. The van der Waals surface area contributed by atoms with Gasteiger partial charge in [-0.05, 0) is 55.5 Å². The van der Waals surface area contributed by atoms with Crippen LogP contribution in [-0.2, 0) is 5.41 Å². The van der Waals surface area contributed by atoms with Crippen molar-refractivity contribution in [1.82, 2.24) is 9.88 Å². The first-order valence-corrected chi connectivity index (χ1v) is 10.6. The molecule has 2 aliphatic rings. The predicted molar refractivity (Wildman–Crippen MR) is 122 cm³/mol. The van der Waals surface area contributed by atoms with Gasteiger partial charge < -0.3 is 15.7 Å². The van der Waals surface area contributed by atoms with Crippen molar-refractivity contribution in [1.29, 1.82) is 0 Å². The van der Waals surface area contributed by atoms with Crippen LogP contribution in [0.1, 0.15) is 41.7 Å². The molecule has 1 saturated heterocycles. The molecule has 0 atom stereocenters. The lowest BCUT2D eigenvalue weighted by Gasteiger charge is -2.42. The Morgan fingerprint density at radius 1 is 1.19 bits per heavy atom. The summed E-state index contributed by atoms with van der Waals surface area (Å²) in [7, 11) is 0. The van der Waals surface area contributed by atoms with Crippen molar-refractivity contribution in [3.05, 3.63) is 58.7 Å². The molecule has 0 bridgehead atoms. The molecule has 0 spiro atoms. The number of carboxylic acid groups (broad SMARTS) is 1. The van der Waals surface area contributed by atoms with Gasteiger partial charge in [0.2, 0.25) is 0 Å². The van der Waals surface area contributed by atoms with E-state index in [1.807, 2.05) is 23.1 Å². The van der Waals surface area contributed by atoms with Gasteiger partial charge in [0.05, 0.1) is 0 Å². The molecule has 2 heterocycles. The summed E-state index contributed by atoms with van der Waals surface area (Å²) in [5, 5.41) is 9.87. The summed E-state index contributed by atoms with van der Waals surface area (Å²) in [5.41, 5.74) is 7.19. The molecule has 31 heavy (non-hydrogen) atoms. The number of anilines is 1. The molecule has 0 radical (unpaired) electrons. The number of nitrogens with two attached hydrogens (primary N) is 1. The number of benzene rings is 1. The van der Waals surface area contributed by atoms with Crippen molar-refractivity contribution >= 4 is 41.8 Å². The summed E-state index contributed by atoms with van der Waals surface area (Å²) in [6.07, 6.45) is 3.52. The van der Waals surface area contributed by atoms with Gasteiger partial charge in [0.15, 0.2) is 5.69 Å². The predicted octanol–water partition coefficient (Wildman–Crippen LogP) is 3.94. The van der Waals surface area contributed by atoms with Gasteiger partial charge in [-0.15, -0.1) is 12.4 Å². The fourth-order valence-corrected chi connectivity index (χ4v) is 4.88. The monoisotopic (exact) mass is 464 g/mol. The number of carbonyl (C=O) groups is 2. The Morgan fingerprint density at radius 2 is 1.90 bits per heavy atom. The summed E-state index contributed by atoms with van der Waals surface area (Å²) in [5.74, 6) is -0.722. The largest absolute Gasteiger partial charge is 0.477 e. The molecule has 2 amide bonds. The standard InChI is InChI=1S/C22H25ClN4O3.ClH/c23-16-4-1-3-15(13-16)22(14-24)9-7-17(8-10-22)26-11-12-27(21(26)30)19-6-2-5-18(25-19)20(28)29;/h1-6,13,17H,7-12,14,24H2,(H,28,29);1H/t17-,22+;. The van der Waals surface area contributed by atoms with Gasteiger partial charge in [0.25, 0.3) is 0 Å². The highest BCUT2D eigenvalue weighted by atomic mass is 35.5. The van der Waals surface area contributed by atoms with Crippen LogP contribution < -0.4 is 10.6 Å². The van der Waals surface area contributed by atoms with E-state index in [1.54, 1.807) is 17.0 Å². The number of hydrogen-bond donors (Lipinski definition) is 2. The lowest BCUT2D eigenvalue weighted by Crippen LogP contribution is -2.47. The summed E-state index contributed by atoms with van der Waals surface area (Å²) in [4.78, 5) is 31.8. The van der Waals surface area contributed by atoms with Crippen LogP contribution in [0, 0.1) is 0 Å². The second kappa shape index (κ2) is 9.42. The summed E-state index contributed by atoms with van der Waals surface area (Å²) in [6, 6.07) is 12.7. The molecule has 1 saturated carbocycles. The minimum absolute atomic E-state index is 0. The Balaban J connectivity index is 0.00000272. The van der Waals surface area contributed by atoms with Crippen LogP contribution in [0.25, 0.3) is 0 Å². The third-order valence-electron chi connectivity index (χ3n) is 6.45. The lowest BCUT2D eigenvalue weighted by atomic mass is 9.68. The zero-order chi connectivity index (χ0) is 21.3. The van der Waals surface area contributed by atoms with Crippen LogP contribution in [0.3, 0.4) is 0 Å². The van der Waals surface area contributed by atoms with Gasteiger partial charge in [-0.1, -0.05) is 29.8 Å². The number of carbonyl (C=O) groups excluding carboxylic acids is 1. The summed E-state index contributed by atoms with van der Waals surface area (Å²) >= 11 is 6.20. The van der Waals surface area contributed by atoms with Crippen LogP contribution in [0.15, 0.2) is 42.5 Å². The number of halogens is 2. The highest BCUT2D eigenvalue weighted by Gasteiger charge is 2.41. The molecule has 1 aromatic carbocycles. The Hall–Kier alpha value is -2.35. The minimum atomic E-state index is -1.10. The lowest BCUT2D eigenvalue weighted by molar-refractivity contribution is 0.0690. The Bertz CT molecular complexity index is 963. The van der Waals surface area contributed by atoms with E-state index in [1.165, 1.54) is 11.6 Å². The van der Waals surface area contributed by atoms with E-state index in [-0.39, 0.29) is 35.6 Å². The van der Waals surface area contributed by atoms with E-state index < -0.39 is 5.97 Å². The maximum Gasteiger partial charge on any atom is 0.354 e. The fraction of sp³-hybridized carbons (Fsp3) is 0.409. The number of carboxylic acids is 1. The van der Waals surface area contributed by atoms with Gasteiger partial charge in [-0.3, -0.25) is 4.90 Å². The molecule has 166 valence electrons. The summed E-state index contributed by atoms with van der Waals surface area (Å²) in [6.45, 7) is 1.66. The van der Waals surface area contributed by atoms with Gasteiger partial charge >= 0.3 is 12.0 Å². The molecule has 7 nitrogen and oxygen atoms in total. The van der Waals surface area contributed by atoms with Crippen LogP contribution in [0.4, 0.5) is 10.6 Å². The van der Waals surface area contributed by atoms with Crippen LogP contribution >= 0.6 is 24.0 Å². The molecular weight excluding hydrogens is 439 g/mol. The first-order valence-electron chi connectivity index (χ1n) is 10.2. The molecule has 1 aliphatic carbocycles. The average Bonchev–Trinajstić information content (AvgIpc) is 3.15. The van der Waals surface area contributed by atoms with Gasteiger partial charge in [0.1, 0.15) is 5.82 Å². The molecule has 4 rings (SSSR count). The molecule has 9 heteroatoms. The Kier molecular flexibility index (Phi) is 7.09. The minimum Gasteiger partial charge on any atom is -0.477 e. The molecule has 1 aromatic heterocycles. The molecule has 0 unspecified atom stereocenters. The quantitative estimate of drug-likeness (QED) is 0.697.